The summed E-state index contributed by atoms with van der Waals surface area (Å²) in [4.78, 5) is 52.8. The molecule has 13 heteroatoms. The van der Waals surface area contributed by atoms with Crippen molar-refractivity contribution in [3.8, 4) is 0 Å². The Morgan fingerprint density at radius 1 is 0.689 bits per heavy atom. The number of nitrogens with zero attached hydrogens (tertiary/aromatic N) is 2. The Labute approximate surface area is 287 Å². The van der Waals surface area contributed by atoms with Crippen molar-refractivity contribution >= 4 is 93.9 Å². The zero-order chi connectivity index (χ0) is 32.3. The summed E-state index contributed by atoms with van der Waals surface area (Å²) in [6, 6.07) is 7.08. The predicted octanol–water partition coefficient (Wildman–Crippen LogP) is 6.74. The lowest BCUT2D eigenvalue weighted by Gasteiger charge is -2.14. The third-order valence-corrected chi connectivity index (χ3v) is 10.5. The Hall–Kier alpha value is -2.69. The van der Waals surface area contributed by atoms with Gasteiger partial charge in [-0.1, -0.05) is 70.3 Å². The monoisotopic (exact) mass is 710 g/mol. The van der Waals surface area contributed by atoms with Crippen molar-refractivity contribution in [3.05, 3.63) is 67.6 Å². The molecule has 0 atom stereocenters. The maximum Gasteiger partial charge on any atom is 0.244 e. The Kier molecular flexibility index (Phi) is 13.5. The minimum atomic E-state index is -0.267. The molecule has 2 aromatic rings. The highest BCUT2D eigenvalue weighted by Crippen LogP contribution is 2.44. The van der Waals surface area contributed by atoms with E-state index in [-0.39, 0.29) is 33.7 Å². The van der Waals surface area contributed by atoms with Gasteiger partial charge in [0.05, 0.1) is 20.1 Å². The molecule has 8 nitrogen and oxygen atoms in total. The number of halogens is 4. The molecular formula is C32H34Cl4N4O4S. The molecule has 2 fully saturated rings. The summed E-state index contributed by atoms with van der Waals surface area (Å²) in [5.74, 6) is -0.189. The molecule has 2 N–H and O–H groups in total. The molecule has 0 unspecified atom stereocenters. The van der Waals surface area contributed by atoms with E-state index in [4.69, 9.17) is 46.4 Å². The SMILES string of the molecule is O=C(/C=C/c1ccc(Sc2ccc(/C=C/C(=O)NCCCN3CCCC3=O)c(Cl)c2Cl)c(Cl)c1Cl)NCCCN1CCCC1=O. The first-order valence-corrected chi connectivity index (χ1v) is 17.1. The van der Waals surface area contributed by atoms with Gasteiger partial charge in [0.25, 0.3) is 0 Å². The number of nitrogens with one attached hydrogen (secondary N) is 2. The molecule has 0 bridgehead atoms. The summed E-state index contributed by atoms with van der Waals surface area (Å²) in [6.07, 6.45) is 10.4. The predicted molar refractivity (Wildman–Crippen MR) is 182 cm³/mol. The van der Waals surface area contributed by atoms with Crippen LogP contribution in [0.25, 0.3) is 12.2 Å². The average Bonchev–Trinajstić information content (AvgIpc) is 3.63. The third-order valence-electron chi connectivity index (χ3n) is 7.35. The third kappa shape index (κ3) is 10.1. The average molecular weight is 713 g/mol. The maximum absolute atomic E-state index is 12.3. The van der Waals surface area contributed by atoms with E-state index in [2.05, 4.69) is 10.6 Å². The van der Waals surface area contributed by atoms with E-state index in [1.807, 2.05) is 9.80 Å². The van der Waals surface area contributed by atoms with E-state index < -0.39 is 0 Å². The summed E-state index contributed by atoms with van der Waals surface area (Å²) >= 11 is 27.5. The highest BCUT2D eigenvalue weighted by Gasteiger charge is 2.20. The van der Waals surface area contributed by atoms with Gasteiger partial charge in [-0.15, -0.1) is 0 Å². The van der Waals surface area contributed by atoms with E-state index >= 15 is 0 Å². The molecule has 4 amide bonds. The molecule has 2 heterocycles. The zero-order valence-electron chi connectivity index (χ0n) is 24.6. The summed E-state index contributed by atoms with van der Waals surface area (Å²) < 4.78 is 0. The maximum atomic E-state index is 12.3. The molecule has 0 aliphatic carbocycles. The first kappa shape index (κ1) is 35.2. The van der Waals surface area contributed by atoms with Gasteiger partial charge in [-0.3, -0.25) is 19.2 Å². The number of benzene rings is 2. The quantitative estimate of drug-likeness (QED) is 0.167. The topological polar surface area (TPSA) is 98.8 Å². The lowest BCUT2D eigenvalue weighted by Crippen LogP contribution is -2.29. The number of carbonyl (C=O) groups is 4. The number of likely N-dealkylation sites (tertiary alicyclic amines) is 2. The number of rotatable bonds is 14. The molecule has 2 aliphatic rings. The largest absolute Gasteiger partial charge is 0.352 e. The van der Waals surface area contributed by atoms with Crippen LogP contribution in [0.4, 0.5) is 0 Å². The lowest BCUT2D eigenvalue weighted by atomic mass is 10.2. The Morgan fingerprint density at radius 3 is 1.49 bits per heavy atom. The van der Waals surface area contributed by atoms with Gasteiger partial charge in [0.1, 0.15) is 0 Å². The van der Waals surface area contributed by atoms with E-state index in [1.54, 1.807) is 36.4 Å². The molecule has 240 valence electrons. The number of hydrogen-bond donors (Lipinski definition) is 2. The van der Waals surface area contributed by atoms with Crippen LogP contribution < -0.4 is 10.6 Å². The van der Waals surface area contributed by atoms with E-state index in [1.165, 1.54) is 23.9 Å². The van der Waals surface area contributed by atoms with Gasteiger partial charge in [-0.05, 0) is 61.1 Å². The molecule has 0 spiro atoms. The molecule has 0 saturated carbocycles. The first-order valence-electron chi connectivity index (χ1n) is 14.7. The molecule has 2 saturated heterocycles. The molecule has 4 rings (SSSR count). The van der Waals surface area contributed by atoms with Crippen LogP contribution in [0, 0.1) is 0 Å². The lowest BCUT2D eigenvalue weighted by molar-refractivity contribution is -0.128. The van der Waals surface area contributed by atoms with Crippen LogP contribution >= 0.6 is 58.2 Å². The van der Waals surface area contributed by atoms with Gasteiger partial charge >= 0.3 is 0 Å². The zero-order valence-corrected chi connectivity index (χ0v) is 28.4. The second-order valence-electron chi connectivity index (χ2n) is 10.6. The minimum absolute atomic E-state index is 0.172. The second kappa shape index (κ2) is 17.3. The fraction of sp³-hybridized carbons (Fsp3) is 0.375. The van der Waals surface area contributed by atoms with Crippen LogP contribution in [0.15, 0.2) is 46.2 Å². The van der Waals surface area contributed by atoms with Crippen LogP contribution in [-0.2, 0) is 19.2 Å². The molecule has 45 heavy (non-hydrogen) atoms. The van der Waals surface area contributed by atoms with Crippen molar-refractivity contribution in [2.75, 3.05) is 39.3 Å². The standard InChI is InChI=1S/C32H34Cl4N4O4S/c33-29-21(9-13-25(41)37-15-3-19-39-17-1-5-27(39)43)7-11-23(31(29)35)45-24-12-8-22(30(34)32(24)36)10-14-26(42)38-16-4-20-40-18-2-6-28(40)44/h7-14H,1-6,15-20H2,(H,37,41)(H,38,42)/b13-9+,14-10+. The number of hydrogen-bond acceptors (Lipinski definition) is 5. The molecular weight excluding hydrogens is 678 g/mol. The minimum Gasteiger partial charge on any atom is -0.352 e. The second-order valence-corrected chi connectivity index (χ2v) is 13.2. The van der Waals surface area contributed by atoms with Gasteiger partial charge < -0.3 is 20.4 Å². The summed E-state index contributed by atoms with van der Waals surface area (Å²) in [6.45, 7) is 3.78. The van der Waals surface area contributed by atoms with Gasteiger partial charge in [0.15, 0.2) is 0 Å². The summed E-state index contributed by atoms with van der Waals surface area (Å²) in [5.41, 5.74) is 1.16. The van der Waals surface area contributed by atoms with Crippen LogP contribution in [-0.4, -0.2) is 72.7 Å². The van der Waals surface area contributed by atoms with Crippen molar-refractivity contribution in [3.63, 3.8) is 0 Å². The van der Waals surface area contributed by atoms with Crippen LogP contribution in [0.5, 0.6) is 0 Å². The molecule has 0 radical (unpaired) electrons. The van der Waals surface area contributed by atoms with E-state index in [9.17, 15) is 19.2 Å². The van der Waals surface area contributed by atoms with Crippen molar-refractivity contribution in [2.24, 2.45) is 0 Å². The molecule has 0 aromatic heterocycles. The number of amides is 4. The smallest absolute Gasteiger partial charge is 0.244 e. The van der Waals surface area contributed by atoms with E-state index in [0.29, 0.717) is 82.8 Å². The normalized spacial score (nSPS) is 15.2. The van der Waals surface area contributed by atoms with Crippen molar-refractivity contribution in [1.82, 2.24) is 20.4 Å². The van der Waals surface area contributed by atoms with E-state index in [0.717, 1.165) is 25.9 Å². The van der Waals surface area contributed by atoms with Gasteiger partial charge in [0, 0.05) is 74.1 Å². The van der Waals surface area contributed by atoms with Crippen LogP contribution in [0.1, 0.15) is 49.7 Å². The highest BCUT2D eigenvalue weighted by molar-refractivity contribution is 7.99. The van der Waals surface area contributed by atoms with Crippen LogP contribution in [0.3, 0.4) is 0 Å². The first-order chi connectivity index (χ1) is 21.6. The van der Waals surface area contributed by atoms with Crippen molar-refractivity contribution in [1.29, 1.82) is 0 Å². The summed E-state index contributed by atoms with van der Waals surface area (Å²) in [5, 5.41) is 6.82. The fourth-order valence-electron chi connectivity index (χ4n) is 4.92. The van der Waals surface area contributed by atoms with Crippen molar-refractivity contribution in [2.45, 2.75) is 48.3 Å². The number of carbonyl (C=O) groups excluding carboxylic acids is 4. The Morgan fingerprint density at radius 2 is 1.11 bits per heavy atom. The molecule has 2 aliphatic heterocycles. The highest BCUT2D eigenvalue weighted by atomic mass is 35.5. The fourth-order valence-corrected chi connectivity index (χ4v) is 6.96. The van der Waals surface area contributed by atoms with Gasteiger partial charge in [-0.2, -0.15) is 0 Å². The van der Waals surface area contributed by atoms with Gasteiger partial charge in [-0.25, -0.2) is 0 Å². The molecule has 2 aromatic carbocycles. The van der Waals surface area contributed by atoms with Crippen molar-refractivity contribution < 1.29 is 19.2 Å². The van der Waals surface area contributed by atoms with Gasteiger partial charge in [0.2, 0.25) is 23.6 Å². The Balaban J connectivity index is 1.27. The summed E-state index contributed by atoms with van der Waals surface area (Å²) in [7, 11) is 0. The Bertz CT molecular complexity index is 1390. The van der Waals surface area contributed by atoms with Crippen LogP contribution in [0.2, 0.25) is 20.1 Å².